The van der Waals surface area contributed by atoms with Gasteiger partial charge in [-0.3, -0.25) is 4.57 Å². The SMILES string of the molecule is Cc1nc2n(c1C)-c1ccc(Br)cc1C(c1ccco1)=NC2O. The number of aliphatic imine (C=N–C) groups is 1. The Labute approximate surface area is 141 Å². The van der Waals surface area contributed by atoms with Crippen molar-refractivity contribution in [2.75, 3.05) is 0 Å². The fraction of sp³-hybridized carbons (Fsp3) is 0.176. The lowest BCUT2D eigenvalue weighted by Gasteiger charge is -2.13. The average Bonchev–Trinajstić information content (AvgIpc) is 3.12. The third-order valence-electron chi connectivity index (χ3n) is 4.06. The van der Waals surface area contributed by atoms with Crippen LogP contribution in [0.3, 0.4) is 0 Å². The van der Waals surface area contributed by atoms with E-state index in [1.165, 1.54) is 0 Å². The molecule has 2 aromatic heterocycles. The molecule has 1 unspecified atom stereocenters. The lowest BCUT2D eigenvalue weighted by Crippen LogP contribution is -2.07. The molecule has 1 aliphatic heterocycles. The summed E-state index contributed by atoms with van der Waals surface area (Å²) in [4.78, 5) is 8.96. The van der Waals surface area contributed by atoms with Crippen LogP contribution in [0.15, 0.2) is 50.5 Å². The van der Waals surface area contributed by atoms with Gasteiger partial charge in [-0.1, -0.05) is 15.9 Å². The van der Waals surface area contributed by atoms with Gasteiger partial charge in [-0.2, -0.15) is 0 Å². The number of halogens is 1. The second-order valence-electron chi connectivity index (χ2n) is 5.47. The highest BCUT2D eigenvalue weighted by molar-refractivity contribution is 9.10. The van der Waals surface area contributed by atoms with Gasteiger partial charge in [-0.25, -0.2) is 9.98 Å². The minimum absolute atomic E-state index is 0.519. The Bertz CT molecular complexity index is 926. The highest BCUT2D eigenvalue weighted by Gasteiger charge is 2.28. The molecule has 6 heteroatoms. The van der Waals surface area contributed by atoms with Crippen LogP contribution in [-0.4, -0.2) is 20.4 Å². The molecule has 0 radical (unpaired) electrons. The van der Waals surface area contributed by atoms with Gasteiger partial charge in [0.1, 0.15) is 5.71 Å². The minimum Gasteiger partial charge on any atom is -0.463 e. The zero-order chi connectivity index (χ0) is 16.1. The van der Waals surface area contributed by atoms with Gasteiger partial charge < -0.3 is 9.52 Å². The zero-order valence-corrected chi connectivity index (χ0v) is 14.2. The van der Waals surface area contributed by atoms with Gasteiger partial charge >= 0.3 is 0 Å². The first-order chi connectivity index (χ1) is 11.1. The maximum absolute atomic E-state index is 10.6. The summed E-state index contributed by atoms with van der Waals surface area (Å²) >= 11 is 3.51. The number of furan rings is 1. The first-order valence-electron chi connectivity index (χ1n) is 7.22. The summed E-state index contributed by atoms with van der Waals surface area (Å²) in [7, 11) is 0. The molecule has 0 bridgehead atoms. The summed E-state index contributed by atoms with van der Waals surface area (Å²) in [5.74, 6) is 1.13. The molecule has 3 heterocycles. The van der Waals surface area contributed by atoms with Gasteiger partial charge in [-0.05, 0) is 44.2 Å². The molecule has 3 aromatic rings. The summed E-state index contributed by atoms with van der Waals surface area (Å²) in [6.45, 7) is 3.92. The van der Waals surface area contributed by atoms with Gasteiger partial charge in [-0.15, -0.1) is 0 Å². The third kappa shape index (κ3) is 2.17. The molecule has 0 fully saturated rings. The fourth-order valence-corrected chi connectivity index (χ4v) is 3.23. The number of imidazole rings is 1. The molecular formula is C17H14BrN3O2. The van der Waals surface area contributed by atoms with Gasteiger partial charge in [0.25, 0.3) is 0 Å². The van der Waals surface area contributed by atoms with Crippen molar-refractivity contribution in [1.29, 1.82) is 0 Å². The molecule has 5 nitrogen and oxygen atoms in total. The van der Waals surface area contributed by atoms with E-state index in [4.69, 9.17) is 4.42 Å². The van der Waals surface area contributed by atoms with E-state index in [-0.39, 0.29) is 0 Å². The number of aryl methyl sites for hydroxylation is 1. The Balaban J connectivity index is 2.08. The molecule has 23 heavy (non-hydrogen) atoms. The third-order valence-corrected chi connectivity index (χ3v) is 4.56. The molecule has 4 rings (SSSR count). The van der Waals surface area contributed by atoms with E-state index in [0.29, 0.717) is 17.3 Å². The van der Waals surface area contributed by atoms with E-state index in [2.05, 4.69) is 25.9 Å². The number of benzene rings is 1. The van der Waals surface area contributed by atoms with E-state index in [1.54, 1.807) is 12.3 Å². The predicted molar refractivity (Wildman–Crippen MR) is 90.0 cm³/mol. The first-order valence-corrected chi connectivity index (χ1v) is 8.01. The normalized spacial score (nSPS) is 16.5. The number of hydrogen-bond acceptors (Lipinski definition) is 4. The number of aliphatic hydroxyl groups is 1. The number of rotatable bonds is 1. The van der Waals surface area contributed by atoms with Crippen LogP contribution in [0.25, 0.3) is 5.69 Å². The monoisotopic (exact) mass is 371 g/mol. The lowest BCUT2D eigenvalue weighted by atomic mass is 10.1. The summed E-state index contributed by atoms with van der Waals surface area (Å²) in [6, 6.07) is 9.58. The van der Waals surface area contributed by atoms with Crippen LogP contribution in [0, 0.1) is 13.8 Å². The van der Waals surface area contributed by atoms with Crippen molar-refractivity contribution in [3.63, 3.8) is 0 Å². The second kappa shape index (κ2) is 5.18. The molecule has 0 saturated carbocycles. The number of aromatic nitrogens is 2. The Hall–Kier alpha value is -2.18. The van der Waals surface area contributed by atoms with Crippen molar-refractivity contribution in [3.05, 3.63) is 69.6 Å². The topological polar surface area (TPSA) is 63.5 Å². The van der Waals surface area contributed by atoms with Crippen molar-refractivity contribution in [1.82, 2.24) is 9.55 Å². The molecular weight excluding hydrogens is 358 g/mol. The molecule has 0 amide bonds. The van der Waals surface area contributed by atoms with E-state index in [9.17, 15) is 5.11 Å². The quantitative estimate of drug-likeness (QED) is 0.709. The molecule has 116 valence electrons. The molecule has 1 aliphatic rings. The van der Waals surface area contributed by atoms with Crippen LogP contribution in [0.5, 0.6) is 0 Å². The molecule has 1 aromatic carbocycles. The van der Waals surface area contributed by atoms with Gasteiger partial charge in [0.2, 0.25) is 6.23 Å². The van der Waals surface area contributed by atoms with Crippen molar-refractivity contribution in [2.45, 2.75) is 20.1 Å². The summed E-state index contributed by atoms with van der Waals surface area (Å²) in [5, 5.41) is 10.6. The summed E-state index contributed by atoms with van der Waals surface area (Å²) in [6.07, 6.45) is 0.550. The van der Waals surface area contributed by atoms with E-state index < -0.39 is 6.23 Å². The Morgan fingerprint density at radius 1 is 1.26 bits per heavy atom. The lowest BCUT2D eigenvalue weighted by molar-refractivity contribution is 0.177. The second-order valence-corrected chi connectivity index (χ2v) is 6.38. The largest absolute Gasteiger partial charge is 0.463 e. The van der Waals surface area contributed by atoms with E-state index in [0.717, 1.165) is 27.1 Å². The number of fused-ring (bicyclic) bond motifs is 3. The van der Waals surface area contributed by atoms with E-state index in [1.807, 2.05) is 42.7 Å². The highest BCUT2D eigenvalue weighted by Crippen LogP contribution is 2.33. The van der Waals surface area contributed by atoms with Crippen LogP contribution in [0.2, 0.25) is 0 Å². The molecule has 0 spiro atoms. The van der Waals surface area contributed by atoms with Crippen LogP contribution >= 0.6 is 15.9 Å². The summed E-state index contributed by atoms with van der Waals surface area (Å²) < 4.78 is 8.41. The van der Waals surface area contributed by atoms with Crippen LogP contribution in [-0.2, 0) is 0 Å². The van der Waals surface area contributed by atoms with Crippen molar-refractivity contribution in [3.8, 4) is 5.69 Å². The van der Waals surface area contributed by atoms with Crippen LogP contribution in [0.1, 0.15) is 34.8 Å². The Kier molecular flexibility index (Phi) is 3.25. The smallest absolute Gasteiger partial charge is 0.205 e. The Morgan fingerprint density at radius 2 is 2.09 bits per heavy atom. The van der Waals surface area contributed by atoms with E-state index >= 15 is 0 Å². The van der Waals surface area contributed by atoms with Gasteiger partial charge in [0, 0.05) is 15.7 Å². The average molecular weight is 372 g/mol. The van der Waals surface area contributed by atoms with Crippen LogP contribution in [0.4, 0.5) is 0 Å². The van der Waals surface area contributed by atoms with Gasteiger partial charge in [0.15, 0.2) is 11.6 Å². The molecule has 0 aliphatic carbocycles. The maximum atomic E-state index is 10.6. The first kappa shape index (κ1) is 14.4. The van der Waals surface area contributed by atoms with Gasteiger partial charge in [0.05, 0.1) is 17.6 Å². The van der Waals surface area contributed by atoms with Crippen LogP contribution < -0.4 is 0 Å². The van der Waals surface area contributed by atoms with Crippen molar-refractivity contribution in [2.24, 2.45) is 4.99 Å². The molecule has 0 saturated heterocycles. The molecule has 1 atom stereocenters. The standard InChI is InChI=1S/C17H14BrN3O2/c1-9-10(2)21-13-6-5-11(18)8-12(13)15(14-4-3-7-23-14)20-17(22)16(21)19-9/h3-8,17,22H,1-2H3. The maximum Gasteiger partial charge on any atom is 0.205 e. The zero-order valence-electron chi connectivity index (χ0n) is 12.6. The number of hydrogen-bond donors (Lipinski definition) is 1. The summed E-state index contributed by atoms with van der Waals surface area (Å²) in [5.41, 5.74) is 4.28. The predicted octanol–water partition coefficient (Wildman–Crippen LogP) is 3.69. The molecule has 1 N–H and O–H groups in total. The van der Waals surface area contributed by atoms with Crippen molar-refractivity contribution < 1.29 is 9.52 Å². The highest BCUT2D eigenvalue weighted by atomic mass is 79.9. The number of aliphatic hydroxyl groups excluding tert-OH is 1. The number of nitrogens with zero attached hydrogens (tertiary/aromatic N) is 3. The Morgan fingerprint density at radius 3 is 2.83 bits per heavy atom. The minimum atomic E-state index is -1.05. The fourth-order valence-electron chi connectivity index (χ4n) is 2.87. The van der Waals surface area contributed by atoms with Crippen molar-refractivity contribution >= 4 is 21.6 Å².